The van der Waals surface area contributed by atoms with Gasteiger partial charge in [-0.25, -0.2) is 4.79 Å². The highest BCUT2D eigenvalue weighted by Gasteiger charge is 2.22. The number of aliphatic hydroxyl groups is 1. The van der Waals surface area contributed by atoms with Crippen molar-refractivity contribution < 1.29 is 14.6 Å². The van der Waals surface area contributed by atoms with Gasteiger partial charge < -0.3 is 14.7 Å². The zero-order chi connectivity index (χ0) is 14.4. The van der Waals surface area contributed by atoms with Gasteiger partial charge in [-0.2, -0.15) is 0 Å². The molecule has 0 aliphatic heterocycles. The molecule has 1 amide bonds. The van der Waals surface area contributed by atoms with Gasteiger partial charge in [0.1, 0.15) is 5.60 Å². The molecule has 4 nitrogen and oxygen atoms in total. The van der Waals surface area contributed by atoms with Gasteiger partial charge in [-0.05, 0) is 47.5 Å². The van der Waals surface area contributed by atoms with E-state index in [0.717, 1.165) is 10.8 Å². The minimum Gasteiger partial charge on any atom is -0.444 e. The molecule has 0 atom stereocenters. The maximum Gasteiger partial charge on any atom is 0.410 e. The van der Waals surface area contributed by atoms with E-state index >= 15 is 0 Å². The van der Waals surface area contributed by atoms with Crippen LogP contribution in [0, 0.1) is 0 Å². The van der Waals surface area contributed by atoms with Gasteiger partial charge in [-0.3, -0.25) is 0 Å². The van der Waals surface area contributed by atoms with Gasteiger partial charge in [-0.15, -0.1) is 0 Å². The summed E-state index contributed by atoms with van der Waals surface area (Å²) in [7, 11) is 0. The van der Waals surface area contributed by atoms with E-state index in [2.05, 4.69) is 22.6 Å². The van der Waals surface area contributed by atoms with Gasteiger partial charge in [0, 0.05) is 17.5 Å². The number of amides is 1. The van der Waals surface area contributed by atoms with Gasteiger partial charge in [0.05, 0.1) is 5.60 Å². The highest BCUT2D eigenvalue weighted by Crippen LogP contribution is 2.14. The van der Waals surface area contributed by atoms with E-state index in [1.165, 1.54) is 0 Å². The number of rotatable bonds is 6. The summed E-state index contributed by atoms with van der Waals surface area (Å²) in [5.41, 5.74) is -1.14. The van der Waals surface area contributed by atoms with Gasteiger partial charge in [0.15, 0.2) is 0 Å². The molecule has 0 saturated heterocycles. The number of hydrogen-bond donors (Lipinski definition) is 1. The number of hydrogen-bond acceptors (Lipinski definition) is 3. The smallest absolute Gasteiger partial charge is 0.410 e. The summed E-state index contributed by atoms with van der Waals surface area (Å²) >= 11 is 2.24. The van der Waals surface area contributed by atoms with E-state index in [1.54, 1.807) is 18.7 Å². The Kier molecular flexibility index (Phi) is 7.51. The van der Waals surface area contributed by atoms with Gasteiger partial charge in [-0.1, -0.05) is 22.6 Å². The fourth-order valence-corrected chi connectivity index (χ4v) is 2.01. The number of alkyl halides is 1. The number of carbonyl (C=O) groups excluding carboxylic acids is 1. The first-order valence-electron chi connectivity index (χ1n) is 6.31. The van der Waals surface area contributed by atoms with E-state index in [4.69, 9.17) is 4.74 Å². The first kappa shape index (κ1) is 18.0. The second kappa shape index (κ2) is 7.53. The minimum atomic E-state index is -0.677. The zero-order valence-electron chi connectivity index (χ0n) is 12.1. The largest absolute Gasteiger partial charge is 0.444 e. The lowest BCUT2D eigenvalue weighted by Crippen LogP contribution is -2.39. The number of carbonyl (C=O) groups is 1. The van der Waals surface area contributed by atoms with Crippen LogP contribution in [-0.4, -0.2) is 44.8 Å². The fraction of sp³-hybridized carbons (Fsp3) is 0.923. The third-order valence-corrected chi connectivity index (χ3v) is 2.71. The first-order valence-corrected chi connectivity index (χ1v) is 7.84. The lowest BCUT2D eigenvalue weighted by Gasteiger charge is -2.27. The molecule has 0 rings (SSSR count). The molecule has 108 valence electrons. The molecule has 0 aromatic rings. The van der Waals surface area contributed by atoms with Gasteiger partial charge >= 0.3 is 6.09 Å². The van der Waals surface area contributed by atoms with Crippen LogP contribution in [0.25, 0.3) is 0 Å². The summed E-state index contributed by atoms with van der Waals surface area (Å²) in [6, 6.07) is 0. The maximum absolute atomic E-state index is 11.9. The van der Waals surface area contributed by atoms with Crippen molar-refractivity contribution in [2.24, 2.45) is 0 Å². The average molecular weight is 371 g/mol. The molecule has 0 aromatic carbocycles. The highest BCUT2D eigenvalue weighted by atomic mass is 127. The molecule has 0 bridgehead atoms. The van der Waals surface area contributed by atoms with Crippen LogP contribution in [0.1, 0.15) is 47.5 Å². The first-order chi connectivity index (χ1) is 8.05. The van der Waals surface area contributed by atoms with E-state index in [1.807, 2.05) is 20.8 Å². The molecule has 0 aliphatic carbocycles. The molecule has 1 N–H and O–H groups in total. The summed E-state index contributed by atoms with van der Waals surface area (Å²) in [4.78, 5) is 13.7. The Hall–Kier alpha value is -0.0400. The normalized spacial score (nSPS) is 12.4. The van der Waals surface area contributed by atoms with Crippen LogP contribution in [0.3, 0.4) is 0 Å². The Labute approximate surface area is 124 Å². The topological polar surface area (TPSA) is 49.8 Å². The quantitative estimate of drug-likeness (QED) is 0.576. The molecule has 0 spiro atoms. The Morgan fingerprint density at radius 3 is 2.17 bits per heavy atom. The number of nitrogens with zero attached hydrogens (tertiary/aromatic N) is 1. The molecular weight excluding hydrogens is 345 g/mol. The molecule has 0 aliphatic rings. The number of ether oxygens (including phenoxy) is 1. The molecule has 0 saturated carbocycles. The van der Waals surface area contributed by atoms with E-state index in [-0.39, 0.29) is 6.09 Å². The zero-order valence-corrected chi connectivity index (χ0v) is 14.3. The Morgan fingerprint density at radius 1 is 1.22 bits per heavy atom. The summed E-state index contributed by atoms with van der Waals surface area (Å²) in [6.07, 6.45) is 1.18. The molecule has 18 heavy (non-hydrogen) atoms. The lowest BCUT2D eigenvalue weighted by molar-refractivity contribution is 0.0227. The van der Waals surface area contributed by atoms with Crippen molar-refractivity contribution in [3.05, 3.63) is 0 Å². The standard InChI is InChI=1S/C13H26INO3/c1-12(2,3)18-11(16)15(10-8-14)9-6-7-13(4,5)17/h17H,6-10H2,1-5H3. The second-order valence-corrected chi connectivity index (χ2v) is 7.15. The summed E-state index contributed by atoms with van der Waals surface area (Å²) in [5, 5.41) is 9.65. The molecule has 0 fully saturated rings. The minimum absolute atomic E-state index is 0.269. The van der Waals surface area contributed by atoms with Gasteiger partial charge in [0.25, 0.3) is 0 Å². The van der Waals surface area contributed by atoms with Crippen LogP contribution < -0.4 is 0 Å². The Morgan fingerprint density at radius 2 is 1.78 bits per heavy atom. The predicted octanol–water partition coefficient (Wildman–Crippen LogP) is 3.21. The predicted molar refractivity (Wildman–Crippen MR) is 82.2 cm³/mol. The molecule has 0 heterocycles. The third-order valence-electron chi connectivity index (χ3n) is 2.22. The van der Waals surface area contributed by atoms with E-state index in [9.17, 15) is 9.90 Å². The van der Waals surface area contributed by atoms with Gasteiger partial charge in [0.2, 0.25) is 0 Å². The average Bonchev–Trinajstić information content (AvgIpc) is 2.11. The summed E-state index contributed by atoms with van der Waals surface area (Å²) < 4.78 is 6.23. The molecule has 0 aromatic heterocycles. The van der Waals surface area contributed by atoms with Crippen molar-refractivity contribution in [3.8, 4) is 0 Å². The molecular formula is C13H26INO3. The van der Waals surface area contributed by atoms with Crippen molar-refractivity contribution in [3.63, 3.8) is 0 Å². The fourth-order valence-electron chi connectivity index (χ4n) is 1.43. The Bertz CT molecular complexity index is 256. The highest BCUT2D eigenvalue weighted by molar-refractivity contribution is 14.1. The summed E-state index contributed by atoms with van der Waals surface area (Å²) in [6.45, 7) is 10.5. The van der Waals surface area contributed by atoms with Crippen LogP contribution in [0.15, 0.2) is 0 Å². The summed E-state index contributed by atoms with van der Waals surface area (Å²) in [5.74, 6) is 0. The molecule has 0 radical (unpaired) electrons. The van der Waals surface area contributed by atoms with E-state index in [0.29, 0.717) is 19.5 Å². The number of halogens is 1. The van der Waals surface area contributed by atoms with Crippen molar-refractivity contribution in [1.29, 1.82) is 0 Å². The van der Waals surface area contributed by atoms with Crippen molar-refractivity contribution in [2.45, 2.75) is 58.7 Å². The van der Waals surface area contributed by atoms with E-state index < -0.39 is 11.2 Å². The Balaban J connectivity index is 4.25. The lowest BCUT2D eigenvalue weighted by atomic mass is 10.0. The van der Waals surface area contributed by atoms with Crippen molar-refractivity contribution >= 4 is 28.7 Å². The SMILES string of the molecule is CC(C)(O)CCCN(CCI)C(=O)OC(C)(C)C. The van der Waals surface area contributed by atoms with Crippen LogP contribution in [-0.2, 0) is 4.74 Å². The second-order valence-electron chi connectivity index (χ2n) is 6.07. The monoisotopic (exact) mass is 371 g/mol. The molecule has 0 unspecified atom stereocenters. The maximum atomic E-state index is 11.9. The third kappa shape index (κ3) is 9.94. The van der Waals surface area contributed by atoms with Crippen molar-refractivity contribution in [1.82, 2.24) is 4.90 Å². The molecule has 5 heteroatoms. The van der Waals surface area contributed by atoms with Crippen molar-refractivity contribution in [2.75, 3.05) is 17.5 Å². The van der Waals surface area contributed by atoms with Crippen LogP contribution >= 0.6 is 22.6 Å². The van der Waals surface area contributed by atoms with Crippen LogP contribution in [0.4, 0.5) is 4.79 Å². The van der Waals surface area contributed by atoms with Crippen LogP contribution in [0.5, 0.6) is 0 Å². The van der Waals surface area contributed by atoms with Crippen LogP contribution in [0.2, 0.25) is 0 Å².